The molecule has 0 spiro atoms. The van der Waals surface area contributed by atoms with Crippen molar-refractivity contribution in [3.8, 4) is 0 Å². The largest absolute Gasteiger partial charge is 0.432 e. The lowest BCUT2D eigenvalue weighted by Gasteiger charge is -2.07. The molecule has 0 saturated heterocycles. The van der Waals surface area contributed by atoms with Crippen molar-refractivity contribution in [3.63, 3.8) is 0 Å². The van der Waals surface area contributed by atoms with Gasteiger partial charge < -0.3 is 9.73 Å². The summed E-state index contributed by atoms with van der Waals surface area (Å²) in [4.78, 5) is 20.3. The van der Waals surface area contributed by atoms with E-state index >= 15 is 0 Å². The summed E-state index contributed by atoms with van der Waals surface area (Å²) in [5, 5.41) is 5.88. The van der Waals surface area contributed by atoms with Gasteiger partial charge in [-0.05, 0) is 25.5 Å². The van der Waals surface area contributed by atoms with Crippen LogP contribution in [0.25, 0.3) is 0 Å². The van der Waals surface area contributed by atoms with Gasteiger partial charge in [0.15, 0.2) is 0 Å². The van der Waals surface area contributed by atoms with Crippen molar-refractivity contribution in [2.24, 2.45) is 0 Å². The average Bonchev–Trinajstić information content (AvgIpc) is 2.83. The van der Waals surface area contributed by atoms with Crippen LogP contribution < -0.4 is 10.6 Å². The van der Waals surface area contributed by atoms with Crippen LogP contribution in [0.3, 0.4) is 0 Å². The standard InChI is InChI=1S/C13H15ClN4O2/c1-3-6-15-10-5-4-9(14)11(17-10)12(19)18-13-16-8(2)7-20-13/h4-5,7H,3,6H2,1-2H3,(H,15,17)(H,16,18,19). The topological polar surface area (TPSA) is 80.0 Å². The van der Waals surface area contributed by atoms with E-state index < -0.39 is 5.91 Å². The molecular weight excluding hydrogens is 280 g/mol. The highest BCUT2D eigenvalue weighted by atomic mass is 35.5. The van der Waals surface area contributed by atoms with E-state index in [2.05, 4.69) is 20.6 Å². The average molecular weight is 295 g/mol. The van der Waals surface area contributed by atoms with Gasteiger partial charge in [0.1, 0.15) is 17.8 Å². The number of oxazole rings is 1. The number of amides is 1. The number of carbonyl (C=O) groups excluding carboxylic acids is 1. The van der Waals surface area contributed by atoms with Crippen molar-refractivity contribution < 1.29 is 9.21 Å². The highest BCUT2D eigenvalue weighted by molar-refractivity contribution is 6.34. The summed E-state index contributed by atoms with van der Waals surface area (Å²) < 4.78 is 5.06. The van der Waals surface area contributed by atoms with E-state index in [0.29, 0.717) is 11.5 Å². The van der Waals surface area contributed by atoms with Crippen LogP contribution in [0.1, 0.15) is 29.5 Å². The Morgan fingerprint density at radius 1 is 1.40 bits per heavy atom. The van der Waals surface area contributed by atoms with Gasteiger partial charge in [0.2, 0.25) is 0 Å². The molecule has 2 aromatic rings. The maximum atomic E-state index is 12.1. The maximum absolute atomic E-state index is 12.1. The number of rotatable bonds is 5. The van der Waals surface area contributed by atoms with Crippen LogP contribution in [0.4, 0.5) is 11.8 Å². The molecule has 2 heterocycles. The normalized spacial score (nSPS) is 10.3. The fraction of sp³-hybridized carbons (Fsp3) is 0.308. The number of pyridine rings is 1. The molecule has 1 amide bonds. The van der Waals surface area contributed by atoms with Crippen LogP contribution in [0, 0.1) is 6.92 Å². The minimum Gasteiger partial charge on any atom is -0.432 e. The predicted octanol–water partition coefficient (Wildman–Crippen LogP) is 3.11. The number of halogens is 1. The lowest BCUT2D eigenvalue weighted by atomic mass is 10.3. The Kier molecular flexibility index (Phi) is 4.57. The number of nitrogens with zero attached hydrogens (tertiary/aromatic N) is 2. The highest BCUT2D eigenvalue weighted by Crippen LogP contribution is 2.18. The van der Waals surface area contributed by atoms with Crippen molar-refractivity contribution >= 4 is 29.3 Å². The Morgan fingerprint density at radius 2 is 2.20 bits per heavy atom. The Labute approximate surface area is 121 Å². The van der Waals surface area contributed by atoms with Crippen molar-refractivity contribution in [3.05, 3.63) is 34.8 Å². The molecule has 2 aromatic heterocycles. The zero-order chi connectivity index (χ0) is 14.5. The van der Waals surface area contributed by atoms with Gasteiger partial charge in [-0.25, -0.2) is 4.98 Å². The number of aromatic nitrogens is 2. The summed E-state index contributed by atoms with van der Waals surface area (Å²) >= 11 is 5.99. The van der Waals surface area contributed by atoms with E-state index in [4.69, 9.17) is 16.0 Å². The Bertz CT molecular complexity index is 612. The SMILES string of the molecule is CCCNc1ccc(Cl)c(C(=O)Nc2nc(C)co2)n1. The van der Waals surface area contributed by atoms with Crippen molar-refractivity contribution in [1.82, 2.24) is 9.97 Å². The molecule has 0 aliphatic rings. The van der Waals surface area contributed by atoms with E-state index in [0.717, 1.165) is 13.0 Å². The minimum absolute atomic E-state index is 0.122. The Morgan fingerprint density at radius 3 is 2.85 bits per heavy atom. The van der Waals surface area contributed by atoms with E-state index in [1.165, 1.54) is 6.26 Å². The maximum Gasteiger partial charge on any atom is 0.301 e. The smallest absolute Gasteiger partial charge is 0.301 e. The first-order valence-electron chi connectivity index (χ1n) is 6.24. The van der Waals surface area contributed by atoms with E-state index in [1.54, 1.807) is 19.1 Å². The molecule has 2 N–H and O–H groups in total. The molecule has 0 bridgehead atoms. The second-order valence-corrected chi connectivity index (χ2v) is 4.61. The number of aryl methyl sites for hydroxylation is 1. The molecule has 6 nitrogen and oxygen atoms in total. The molecule has 0 aromatic carbocycles. The molecular formula is C13H15ClN4O2. The second-order valence-electron chi connectivity index (χ2n) is 4.20. The van der Waals surface area contributed by atoms with Crippen LogP contribution in [-0.4, -0.2) is 22.4 Å². The van der Waals surface area contributed by atoms with E-state index in [1.807, 2.05) is 6.92 Å². The predicted molar refractivity (Wildman–Crippen MR) is 77.2 cm³/mol. The van der Waals surface area contributed by atoms with E-state index in [-0.39, 0.29) is 16.7 Å². The van der Waals surface area contributed by atoms with Gasteiger partial charge in [-0.15, -0.1) is 0 Å². The molecule has 2 rings (SSSR count). The van der Waals surface area contributed by atoms with E-state index in [9.17, 15) is 4.79 Å². The molecule has 0 saturated carbocycles. The number of hydrogen-bond donors (Lipinski definition) is 2. The highest BCUT2D eigenvalue weighted by Gasteiger charge is 2.15. The van der Waals surface area contributed by atoms with Gasteiger partial charge >= 0.3 is 6.01 Å². The number of nitrogens with one attached hydrogen (secondary N) is 2. The third-order valence-electron chi connectivity index (χ3n) is 2.46. The number of carbonyl (C=O) groups is 1. The fourth-order valence-corrected chi connectivity index (χ4v) is 1.71. The molecule has 0 atom stereocenters. The second kappa shape index (κ2) is 6.38. The summed E-state index contributed by atoms with van der Waals surface area (Å²) in [5.74, 6) is 0.141. The molecule has 0 aliphatic heterocycles. The first kappa shape index (κ1) is 14.3. The summed E-state index contributed by atoms with van der Waals surface area (Å²) in [7, 11) is 0. The number of anilines is 2. The zero-order valence-corrected chi connectivity index (χ0v) is 12.0. The molecule has 0 aliphatic carbocycles. The molecule has 20 heavy (non-hydrogen) atoms. The van der Waals surface area contributed by atoms with Gasteiger partial charge in [0.05, 0.1) is 10.7 Å². The number of hydrogen-bond acceptors (Lipinski definition) is 5. The van der Waals surface area contributed by atoms with Gasteiger partial charge in [0.25, 0.3) is 5.91 Å². The molecule has 0 unspecified atom stereocenters. The third-order valence-corrected chi connectivity index (χ3v) is 2.76. The van der Waals surface area contributed by atoms with Crippen molar-refractivity contribution in [2.45, 2.75) is 20.3 Å². The summed E-state index contributed by atoms with van der Waals surface area (Å²) in [6.45, 7) is 4.58. The fourth-order valence-electron chi connectivity index (χ4n) is 1.52. The molecule has 106 valence electrons. The van der Waals surface area contributed by atoms with Crippen LogP contribution in [0.2, 0.25) is 5.02 Å². The van der Waals surface area contributed by atoms with Gasteiger partial charge in [-0.2, -0.15) is 4.98 Å². The van der Waals surface area contributed by atoms with Crippen LogP contribution in [0.15, 0.2) is 22.8 Å². The first-order valence-corrected chi connectivity index (χ1v) is 6.62. The van der Waals surface area contributed by atoms with Crippen LogP contribution >= 0.6 is 11.6 Å². The van der Waals surface area contributed by atoms with Crippen LogP contribution in [0.5, 0.6) is 0 Å². The Hall–Kier alpha value is -2.08. The van der Waals surface area contributed by atoms with Crippen molar-refractivity contribution in [2.75, 3.05) is 17.2 Å². The zero-order valence-electron chi connectivity index (χ0n) is 11.2. The summed E-state index contributed by atoms with van der Waals surface area (Å²) in [6.07, 6.45) is 2.41. The summed E-state index contributed by atoms with van der Waals surface area (Å²) in [5.41, 5.74) is 0.807. The van der Waals surface area contributed by atoms with Gasteiger partial charge in [0, 0.05) is 6.54 Å². The monoisotopic (exact) mass is 294 g/mol. The van der Waals surface area contributed by atoms with Gasteiger partial charge in [-0.1, -0.05) is 18.5 Å². The van der Waals surface area contributed by atoms with Gasteiger partial charge in [-0.3, -0.25) is 10.1 Å². The first-order chi connectivity index (χ1) is 9.60. The van der Waals surface area contributed by atoms with Crippen LogP contribution in [-0.2, 0) is 0 Å². The molecule has 0 radical (unpaired) electrons. The lowest BCUT2D eigenvalue weighted by molar-refractivity contribution is 0.101. The quantitative estimate of drug-likeness (QED) is 0.885. The van der Waals surface area contributed by atoms with Crippen molar-refractivity contribution in [1.29, 1.82) is 0 Å². The minimum atomic E-state index is -0.461. The lowest BCUT2D eigenvalue weighted by Crippen LogP contribution is -2.15. The molecule has 7 heteroatoms. The molecule has 0 fully saturated rings. The third kappa shape index (κ3) is 3.48. The Balaban J connectivity index is 2.15. The summed E-state index contributed by atoms with van der Waals surface area (Å²) in [6, 6.07) is 3.48.